The Kier molecular flexibility index (Phi) is 4.57. The number of anilines is 2. The molecule has 0 spiro atoms. The molecule has 0 amide bonds. The summed E-state index contributed by atoms with van der Waals surface area (Å²) >= 11 is 3.45. The van der Waals surface area contributed by atoms with Gasteiger partial charge in [-0.25, -0.2) is 9.97 Å². The van der Waals surface area contributed by atoms with Gasteiger partial charge in [-0.15, -0.1) is 0 Å². The van der Waals surface area contributed by atoms with Gasteiger partial charge in [0.2, 0.25) is 0 Å². The number of hydrogen-bond donors (Lipinski definition) is 1. The van der Waals surface area contributed by atoms with Gasteiger partial charge in [0.15, 0.2) is 5.82 Å². The Labute approximate surface area is 143 Å². The second kappa shape index (κ2) is 6.79. The van der Waals surface area contributed by atoms with E-state index in [1.165, 1.54) is 0 Å². The molecule has 1 heterocycles. The molecule has 0 atom stereocenters. The van der Waals surface area contributed by atoms with Crippen LogP contribution in [0.3, 0.4) is 0 Å². The summed E-state index contributed by atoms with van der Waals surface area (Å²) in [5, 5.41) is 3.30. The highest BCUT2D eigenvalue weighted by molar-refractivity contribution is 9.10. The van der Waals surface area contributed by atoms with Crippen LogP contribution < -0.4 is 10.1 Å². The van der Waals surface area contributed by atoms with Crippen LogP contribution in [0.2, 0.25) is 0 Å². The third-order valence-corrected chi connectivity index (χ3v) is 3.96. The first-order chi connectivity index (χ1) is 11.2. The number of methoxy groups -OCH3 is 1. The smallest absolute Gasteiger partial charge is 0.161 e. The molecular weight excluding hydrogens is 354 g/mol. The van der Waals surface area contributed by atoms with E-state index in [2.05, 4.69) is 31.2 Å². The molecule has 1 aromatic heterocycles. The van der Waals surface area contributed by atoms with E-state index in [0.29, 0.717) is 5.82 Å². The predicted octanol–water partition coefficient (Wildman–Crippen LogP) is 4.97. The molecular formula is C18H16BrN3O. The minimum absolute atomic E-state index is 0.706. The highest BCUT2D eigenvalue weighted by Crippen LogP contribution is 2.29. The van der Waals surface area contributed by atoms with E-state index < -0.39 is 0 Å². The summed E-state index contributed by atoms with van der Waals surface area (Å²) in [6, 6.07) is 17.7. The molecule has 0 bridgehead atoms. The van der Waals surface area contributed by atoms with Crippen LogP contribution >= 0.6 is 15.9 Å². The number of rotatable bonds is 4. The third kappa shape index (κ3) is 3.68. The lowest BCUT2D eigenvalue weighted by Crippen LogP contribution is -1.99. The van der Waals surface area contributed by atoms with Crippen molar-refractivity contribution in [2.75, 3.05) is 12.4 Å². The zero-order valence-electron chi connectivity index (χ0n) is 12.9. The molecule has 2 aromatic carbocycles. The third-order valence-electron chi connectivity index (χ3n) is 3.31. The number of aryl methyl sites for hydroxylation is 1. The maximum absolute atomic E-state index is 5.32. The second-order valence-electron chi connectivity index (χ2n) is 5.06. The van der Waals surface area contributed by atoms with Crippen LogP contribution in [-0.4, -0.2) is 17.1 Å². The van der Waals surface area contributed by atoms with Gasteiger partial charge in [0.25, 0.3) is 0 Å². The van der Waals surface area contributed by atoms with Crippen molar-refractivity contribution in [1.82, 2.24) is 9.97 Å². The van der Waals surface area contributed by atoms with Gasteiger partial charge < -0.3 is 10.1 Å². The Hall–Kier alpha value is -2.40. The molecule has 5 heteroatoms. The van der Waals surface area contributed by atoms with Gasteiger partial charge in [0.05, 0.1) is 11.6 Å². The van der Waals surface area contributed by atoms with Crippen molar-refractivity contribution in [2.24, 2.45) is 0 Å². The Morgan fingerprint density at radius 3 is 2.52 bits per heavy atom. The summed E-state index contributed by atoms with van der Waals surface area (Å²) in [5.74, 6) is 2.22. The number of nitrogens with one attached hydrogen (secondary N) is 1. The number of aromatic nitrogens is 2. The lowest BCUT2D eigenvalue weighted by atomic mass is 10.2. The van der Waals surface area contributed by atoms with E-state index in [4.69, 9.17) is 4.74 Å². The van der Waals surface area contributed by atoms with Crippen molar-refractivity contribution in [3.63, 3.8) is 0 Å². The normalized spacial score (nSPS) is 10.4. The molecule has 23 heavy (non-hydrogen) atoms. The Morgan fingerprint density at radius 1 is 1.00 bits per heavy atom. The van der Waals surface area contributed by atoms with E-state index in [1.807, 2.05) is 61.5 Å². The van der Waals surface area contributed by atoms with Gasteiger partial charge in [-0.05, 0) is 35.0 Å². The van der Waals surface area contributed by atoms with Crippen molar-refractivity contribution >= 4 is 27.4 Å². The van der Waals surface area contributed by atoms with Crippen LogP contribution in [0.1, 0.15) is 5.69 Å². The molecule has 116 valence electrons. The standard InChI is InChI=1S/C18H16BrN3O/c1-12-10-17(21-14-8-9-15(19)16(11-14)23-2)22-18(20-12)13-6-4-3-5-7-13/h3-11H,1-2H3,(H,20,21,22). The minimum Gasteiger partial charge on any atom is -0.495 e. The van der Waals surface area contributed by atoms with E-state index >= 15 is 0 Å². The molecule has 0 aliphatic heterocycles. The van der Waals surface area contributed by atoms with Crippen LogP contribution in [0.4, 0.5) is 11.5 Å². The largest absolute Gasteiger partial charge is 0.495 e. The van der Waals surface area contributed by atoms with Gasteiger partial charge in [0, 0.05) is 29.1 Å². The summed E-state index contributed by atoms with van der Waals surface area (Å²) in [6.45, 7) is 1.96. The summed E-state index contributed by atoms with van der Waals surface area (Å²) in [7, 11) is 1.65. The summed E-state index contributed by atoms with van der Waals surface area (Å²) < 4.78 is 6.23. The lowest BCUT2D eigenvalue weighted by molar-refractivity contribution is 0.412. The first-order valence-electron chi connectivity index (χ1n) is 7.17. The number of halogens is 1. The van der Waals surface area contributed by atoms with Gasteiger partial charge in [-0.2, -0.15) is 0 Å². The van der Waals surface area contributed by atoms with Crippen LogP contribution in [0.5, 0.6) is 5.75 Å². The Morgan fingerprint density at radius 2 is 1.78 bits per heavy atom. The highest BCUT2D eigenvalue weighted by Gasteiger charge is 2.07. The lowest BCUT2D eigenvalue weighted by Gasteiger charge is -2.10. The molecule has 0 fully saturated rings. The van der Waals surface area contributed by atoms with Crippen LogP contribution in [0.25, 0.3) is 11.4 Å². The fraction of sp³-hybridized carbons (Fsp3) is 0.111. The van der Waals surface area contributed by atoms with Crippen molar-refractivity contribution in [3.05, 3.63) is 64.8 Å². The topological polar surface area (TPSA) is 47.0 Å². The van der Waals surface area contributed by atoms with Crippen molar-refractivity contribution < 1.29 is 4.74 Å². The number of ether oxygens (including phenoxy) is 1. The van der Waals surface area contributed by atoms with Gasteiger partial charge >= 0.3 is 0 Å². The first kappa shape index (κ1) is 15.5. The zero-order valence-corrected chi connectivity index (χ0v) is 14.5. The van der Waals surface area contributed by atoms with Crippen molar-refractivity contribution in [1.29, 1.82) is 0 Å². The van der Waals surface area contributed by atoms with E-state index in [1.54, 1.807) is 7.11 Å². The average Bonchev–Trinajstić information content (AvgIpc) is 2.57. The van der Waals surface area contributed by atoms with Gasteiger partial charge in [-0.3, -0.25) is 0 Å². The van der Waals surface area contributed by atoms with Crippen molar-refractivity contribution in [3.8, 4) is 17.1 Å². The monoisotopic (exact) mass is 369 g/mol. The first-order valence-corrected chi connectivity index (χ1v) is 7.96. The maximum Gasteiger partial charge on any atom is 0.161 e. The van der Waals surface area contributed by atoms with Crippen molar-refractivity contribution in [2.45, 2.75) is 6.92 Å². The fourth-order valence-electron chi connectivity index (χ4n) is 2.23. The van der Waals surface area contributed by atoms with Gasteiger partial charge in [-0.1, -0.05) is 30.3 Å². The van der Waals surface area contributed by atoms with Crippen LogP contribution in [0, 0.1) is 6.92 Å². The van der Waals surface area contributed by atoms with E-state index in [-0.39, 0.29) is 0 Å². The average molecular weight is 370 g/mol. The Balaban J connectivity index is 1.93. The zero-order chi connectivity index (χ0) is 16.2. The summed E-state index contributed by atoms with van der Waals surface area (Å²) in [5.41, 5.74) is 2.81. The van der Waals surface area contributed by atoms with E-state index in [0.717, 1.165) is 33.0 Å². The highest BCUT2D eigenvalue weighted by atomic mass is 79.9. The molecule has 0 aliphatic rings. The fourth-order valence-corrected chi connectivity index (χ4v) is 2.64. The van der Waals surface area contributed by atoms with Gasteiger partial charge in [0.1, 0.15) is 11.6 Å². The Bertz CT molecular complexity index is 822. The van der Waals surface area contributed by atoms with E-state index in [9.17, 15) is 0 Å². The number of hydrogen-bond acceptors (Lipinski definition) is 4. The SMILES string of the molecule is COc1cc(Nc2cc(C)nc(-c3ccccc3)n2)ccc1Br. The molecule has 1 N–H and O–H groups in total. The second-order valence-corrected chi connectivity index (χ2v) is 5.91. The molecule has 3 rings (SSSR count). The molecule has 3 aromatic rings. The number of benzene rings is 2. The molecule has 4 nitrogen and oxygen atoms in total. The maximum atomic E-state index is 5.32. The van der Waals surface area contributed by atoms with Crippen LogP contribution in [-0.2, 0) is 0 Å². The predicted molar refractivity (Wildman–Crippen MR) is 96.2 cm³/mol. The molecule has 0 unspecified atom stereocenters. The molecule has 0 aliphatic carbocycles. The summed E-state index contributed by atoms with van der Waals surface area (Å²) in [6.07, 6.45) is 0. The molecule has 0 radical (unpaired) electrons. The molecule has 0 saturated heterocycles. The number of nitrogens with zero attached hydrogens (tertiary/aromatic N) is 2. The molecule has 0 saturated carbocycles. The van der Waals surface area contributed by atoms with Crippen LogP contribution in [0.15, 0.2) is 59.1 Å². The quantitative estimate of drug-likeness (QED) is 0.705. The summed E-state index contributed by atoms with van der Waals surface area (Å²) in [4.78, 5) is 9.11. The minimum atomic E-state index is 0.706.